The summed E-state index contributed by atoms with van der Waals surface area (Å²) in [5, 5.41) is 10.7. The number of hydrogen-bond acceptors (Lipinski definition) is 5. The molecule has 156 valence electrons. The molecule has 0 bridgehead atoms. The van der Waals surface area contributed by atoms with E-state index in [1.165, 1.54) is 12.1 Å². The highest BCUT2D eigenvalue weighted by atomic mass is 19.1. The summed E-state index contributed by atoms with van der Waals surface area (Å²) in [6.07, 6.45) is 0.0521. The molecule has 1 aliphatic rings. The molecule has 0 saturated carbocycles. The standard InChI is InChI=1S/C22H23FN4O3/c23-16-7-5-15(6-8-16)20(27-9-11-30-12-10-27)14-24-21(28)13-19-17-3-1-2-4-18(17)22(29)26-25-19/h1-8,20H,9-14H2,(H,24,28)(H,26,29)/t20-/m0/s1. The number of nitrogens with one attached hydrogen (secondary N) is 2. The molecule has 8 heteroatoms. The van der Waals surface area contributed by atoms with E-state index < -0.39 is 0 Å². The highest BCUT2D eigenvalue weighted by molar-refractivity contribution is 5.88. The van der Waals surface area contributed by atoms with Gasteiger partial charge in [0.15, 0.2) is 0 Å². The Morgan fingerprint density at radius 1 is 1.13 bits per heavy atom. The lowest BCUT2D eigenvalue weighted by Crippen LogP contribution is -2.44. The first-order valence-electron chi connectivity index (χ1n) is 9.92. The number of H-pyrrole nitrogens is 1. The van der Waals surface area contributed by atoms with Crippen molar-refractivity contribution in [3.8, 4) is 0 Å². The van der Waals surface area contributed by atoms with Crippen LogP contribution >= 0.6 is 0 Å². The number of rotatable bonds is 6. The largest absolute Gasteiger partial charge is 0.379 e. The normalized spacial score (nSPS) is 15.8. The molecule has 1 amide bonds. The third-order valence-electron chi connectivity index (χ3n) is 5.34. The van der Waals surface area contributed by atoms with Crippen molar-refractivity contribution in [2.45, 2.75) is 12.5 Å². The van der Waals surface area contributed by atoms with Crippen LogP contribution in [0.3, 0.4) is 0 Å². The van der Waals surface area contributed by atoms with Gasteiger partial charge in [0.05, 0.1) is 36.8 Å². The zero-order valence-corrected chi connectivity index (χ0v) is 16.4. The lowest BCUT2D eigenvalue weighted by molar-refractivity contribution is -0.120. The maximum atomic E-state index is 13.4. The highest BCUT2D eigenvalue weighted by Crippen LogP contribution is 2.22. The van der Waals surface area contributed by atoms with E-state index in [-0.39, 0.29) is 29.7 Å². The molecule has 7 nitrogen and oxygen atoms in total. The molecule has 1 aliphatic heterocycles. The fourth-order valence-electron chi connectivity index (χ4n) is 3.76. The Morgan fingerprint density at radius 2 is 1.83 bits per heavy atom. The number of amides is 1. The number of ether oxygens (including phenoxy) is 1. The number of hydrogen-bond donors (Lipinski definition) is 2. The second-order valence-corrected chi connectivity index (χ2v) is 7.24. The Hall–Kier alpha value is -3.10. The van der Waals surface area contributed by atoms with E-state index in [0.717, 1.165) is 18.7 Å². The molecular weight excluding hydrogens is 387 g/mol. The molecule has 0 spiro atoms. The number of benzene rings is 2. The maximum Gasteiger partial charge on any atom is 0.272 e. The van der Waals surface area contributed by atoms with Gasteiger partial charge >= 0.3 is 0 Å². The third-order valence-corrected chi connectivity index (χ3v) is 5.34. The predicted octanol–water partition coefficient (Wildman–Crippen LogP) is 1.79. The minimum atomic E-state index is -0.292. The minimum absolute atomic E-state index is 0.0521. The number of aromatic amines is 1. The van der Waals surface area contributed by atoms with Crippen molar-refractivity contribution < 1.29 is 13.9 Å². The lowest BCUT2D eigenvalue weighted by atomic mass is 10.0. The van der Waals surface area contributed by atoms with Gasteiger partial charge in [-0.1, -0.05) is 30.3 Å². The Labute approximate surface area is 172 Å². The molecule has 2 aromatic carbocycles. The van der Waals surface area contributed by atoms with Crippen LogP contribution in [0.15, 0.2) is 53.3 Å². The van der Waals surface area contributed by atoms with E-state index in [9.17, 15) is 14.0 Å². The number of fused-ring (bicyclic) bond motifs is 1. The predicted molar refractivity (Wildman–Crippen MR) is 111 cm³/mol. The molecule has 1 atom stereocenters. The number of morpholine rings is 1. The van der Waals surface area contributed by atoms with Crippen molar-refractivity contribution in [2.24, 2.45) is 0 Å². The lowest BCUT2D eigenvalue weighted by Gasteiger charge is -2.35. The topological polar surface area (TPSA) is 87.3 Å². The van der Waals surface area contributed by atoms with Crippen LogP contribution in [0.1, 0.15) is 17.3 Å². The van der Waals surface area contributed by atoms with Crippen molar-refractivity contribution in [2.75, 3.05) is 32.8 Å². The van der Waals surface area contributed by atoms with E-state index in [0.29, 0.717) is 36.2 Å². The van der Waals surface area contributed by atoms with E-state index >= 15 is 0 Å². The van der Waals surface area contributed by atoms with Gasteiger partial charge in [-0.25, -0.2) is 9.49 Å². The van der Waals surface area contributed by atoms with E-state index in [1.807, 2.05) is 6.07 Å². The zero-order valence-electron chi connectivity index (χ0n) is 16.4. The Balaban J connectivity index is 1.48. The Kier molecular flexibility index (Phi) is 6.15. The number of aromatic nitrogens is 2. The van der Waals surface area contributed by atoms with Crippen LogP contribution in [0.5, 0.6) is 0 Å². The van der Waals surface area contributed by atoms with E-state index in [1.54, 1.807) is 30.3 Å². The molecule has 0 aliphatic carbocycles. The molecule has 1 aromatic heterocycles. The highest BCUT2D eigenvalue weighted by Gasteiger charge is 2.23. The quantitative estimate of drug-likeness (QED) is 0.647. The number of halogens is 1. The summed E-state index contributed by atoms with van der Waals surface area (Å²) < 4.78 is 18.8. The number of nitrogens with zero attached hydrogens (tertiary/aromatic N) is 2. The van der Waals surface area contributed by atoms with E-state index in [2.05, 4.69) is 20.4 Å². The number of carbonyl (C=O) groups excluding carboxylic acids is 1. The van der Waals surface area contributed by atoms with Crippen LogP contribution in [-0.4, -0.2) is 53.9 Å². The van der Waals surface area contributed by atoms with Gasteiger partial charge in [-0.05, 0) is 23.8 Å². The molecule has 2 N–H and O–H groups in total. The van der Waals surface area contributed by atoms with Crippen LogP contribution in [0.4, 0.5) is 4.39 Å². The minimum Gasteiger partial charge on any atom is -0.379 e. The summed E-state index contributed by atoms with van der Waals surface area (Å²) in [7, 11) is 0. The second-order valence-electron chi connectivity index (χ2n) is 7.24. The summed E-state index contributed by atoms with van der Waals surface area (Å²) in [6.45, 7) is 3.11. The van der Waals surface area contributed by atoms with Crippen LogP contribution in [0, 0.1) is 5.82 Å². The van der Waals surface area contributed by atoms with Crippen molar-refractivity contribution in [1.82, 2.24) is 20.4 Å². The molecule has 30 heavy (non-hydrogen) atoms. The van der Waals surface area contributed by atoms with Crippen LogP contribution in [0.25, 0.3) is 10.8 Å². The zero-order chi connectivity index (χ0) is 20.9. The second kappa shape index (κ2) is 9.15. The van der Waals surface area contributed by atoms with Crippen LogP contribution in [0.2, 0.25) is 0 Å². The molecule has 2 heterocycles. The molecular formula is C22H23FN4O3. The van der Waals surface area contributed by atoms with Gasteiger partial charge in [-0.15, -0.1) is 0 Å². The van der Waals surface area contributed by atoms with Gasteiger partial charge in [-0.2, -0.15) is 5.10 Å². The van der Waals surface area contributed by atoms with Gasteiger partial charge in [0.2, 0.25) is 5.91 Å². The van der Waals surface area contributed by atoms with Crippen molar-refractivity contribution in [3.63, 3.8) is 0 Å². The van der Waals surface area contributed by atoms with Gasteiger partial charge in [0.25, 0.3) is 5.56 Å². The summed E-state index contributed by atoms with van der Waals surface area (Å²) >= 11 is 0. The van der Waals surface area contributed by atoms with Gasteiger partial charge in [0, 0.05) is 25.0 Å². The third kappa shape index (κ3) is 4.55. The summed E-state index contributed by atoms with van der Waals surface area (Å²) in [5.41, 5.74) is 1.18. The Bertz CT molecular complexity index is 1080. The van der Waals surface area contributed by atoms with Gasteiger partial charge in [-0.3, -0.25) is 14.5 Å². The van der Waals surface area contributed by atoms with Gasteiger partial charge < -0.3 is 10.1 Å². The van der Waals surface area contributed by atoms with Crippen LogP contribution in [-0.2, 0) is 16.0 Å². The fraction of sp³-hybridized carbons (Fsp3) is 0.318. The first-order valence-corrected chi connectivity index (χ1v) is 9.92. The monoisotopic (exact) mass is 410 g/mol. The first-order chi connectivity index (χ1) is 14.6. The number of carbonyl (C=O) groups is 1. The van der Waals surface area contributed by atoms with Crippen LogP contribution < -0.4 is 10.9 Å². The molecule has 0 unspecified atom stereocenters. The smallest absolute Gasteiger partial charge is 0.272 e. The van der Waals surface area contributed by atoms with Crippen molar-refractivity contribution >= 4 is 16.7 Å². The first kappa shape index (κ1) is 20.2. The molecule has 1 fully saturated rings. The fourth-order valence-corrected chi connectivity index (χ4v) is 3.76. The summed E-state index contributed by atoms with van der Waals surface area (Å²) in [6, 6.07) is 13.4. The molecule has 4 rings (SSSR count). The molecule has 0 radical (unpaired) electrons. The molecule has 3 aromatic rings. The summed E-state index contributed by atoms with van der Waals surface area (Å²) in [5.74, 6) is -0.486. The SMILES string of the molecule is O=C(Cc1n[nH]c(=O)c2ccccc12)NC[C@@H](c1ccc(F)cc1)N1CCOCC1. The average molecular weight is 410 g/mol. The maximum absolute atomic E-state index is 13.4. The van der Waals surface area contributed by atoms with Crippen molar-refractivity contribution in [3.05, 3.63) is 76.0 Å². The van der Waals surface area contributed by atoms with Crippen molar-refractivity contribution in [1.29, 1.82) is 0 Å². The van der Waals surface area contributed by atoms with Gasteiger partial charge in [0.1, 0.15) is 5.82 Å². The van der Waals surface area contributed by atoms with E-state index in [4.69, 9.17) is 4.74 Å². The molecule has 1 saturated heterocycles. The average Bonchev–Trinajstić information content (AvgIpc) is 2.78. The summed E-state index contributed by atoms with van der Waals surface area (Å²) in [4.78, 5) is 26.8. The Morgan fingerprint density at radius 3 is 2.57 bits per heavy atom.